The second-order valence-electron chi connectivity index (χ2n) is 5.91. The van der Waals surface area contributed by atoms with Crippen LogP contribution in [0.25, 0.3) is 16.7 Å². The first-order chi connectivity index (χ1) is 12.6. The van der Waals surface area contributed by atoms with Gasteiger partial charge in [0.05, 0.1) is 11.0 Å². The molecule has 2 N–H and O–H groups in total. The number of anilines is 1. The highest BCUT2D eigenvalue weighted by molar-refractivity contribution is 6.05. The number of aromatic nitrogens is 3. The topological polar surface area (TPSA) is 79.8 Å². The molecule has 26 heavy (non-hydrogen) atoms. The standard InChI is InChI=1S/C20H16N4O2/c1-13-22-16-11-14(20(26)23-17-12-21-10-9-19(17)25)7-8-18(16)24(13)15-5-3-2-4-6-15/h2-12H,1H3,(H,21,25)(H,23,26). The summed E-state index contributed by atoms with van der Waals surface area (Å²) in [6.07, 6.45) is 2.98. The van der Waals surface area contributed by atoms with Crippen molar-refractivity contribution in [3.8, 4) is 5.69 Å². The van der Waals surface area contributed by atoms with Crippen molar-refractivity contribution in [1.29, 1.82) is 0 Å². The van der Waals surface area contributed by atoms with Crippen LogP contribution in [0.5, 0.6) is 0 Å². The number of imidazole rings is 1. The molecule has 0 aliphatic heterocycles. The van der Waals surface area contributed by atoms with Crippen LogP contribution in [0.4, 0.5) is 5.69 Å². The Bertz CT molecular complexity index is 1160. The number of hydrogen-bond donors (Lipinski definition) is 2. The van der Waals surface area contributed by atoms with Crippen LogP contribution in [-0.4, -0.2) is 20.4 Å². The minimum atomic E-state index is -0.351. The number of aromatic amines is 1. The maximum Gasteiger partial charge on any atom is 0.255 e. The lowest BCUT2D eigenvalue weighted by molar-refractivity contribution is 0.102. The summed E-state index contributed by atoms with van der Waals surface area (Å²) in [4.78, 5) is 31.6. The third-order valence-electron chi connectivity index (χ3n) is 4.17. The predicted molar refractivity (Wildman–Crippen MR) is 101 cm³/mol. The zero-order valence-corrected chi connectivity index (χ0v) is 14.1. The summed E-state index contributed by atoms with van der Waals surface area (Å²) in [5, 5.41) is 2.63. The molecule has 2 aromatic heterocycles. The number of carbonyl (C=O) groups is 1. The molecule has 0 fully saturated rings. The van der Waals surface area contributed by atoms with E-state index in [4.69, 9.17) is 0 Å². The van der Waals surface area contributed by atoms with E-state index in [1.807, 2.05) is 47.9 Å². The molecule has 2 aromatic carbocycles. The fourth-order valence-electron chi connectivity index (χ4n) is 2.95. The van der Waals surface area contributed by atoms with E-state index in [2.05, 4.69) is 15.3 Å². The molecular weight excluding hydrogens is 328 g/mol. The highest BCUT2D eigenvalue weighted by atomic mass is 16.2. The number of amides is 1. The van der Waals surface area contributed by atoms with E-state index < -0.39 is 0 Å². The summed E-state index contributed by atoms with van der Waals surface area (Å²) >= 11 is 0. The summed E-state index contributed by atoms with van der Waals surface area (Å²) in [6, 6.07) is 16.6. The van der Waals surface area contributed by atoms with Crippen molar-refractivity contribution in [2.45, 2.75) is 6.92 Å². The minimum Gasteiger partial charge on any atom is -0.366 e. The summed E-state index contributed by atoms with van der Waals surface area (Å²) < 4.78 is 2.04. The molecule has 0 unspecified atom stereocenters. The highest BCUT2D eigenvalue weighted by Gasteiger charge is 2.13. The molecule has 0 atom stereocenters. The van der Waals surface area contributed by atoms with Crippen LogP contribution in [0, 0.1) is 6.92 Å². The van der Waals surface area contributed by atoms with Crippen molar-refractivity contribution in [2.75, 3.05) is 5.32 Å². The number of hydrogen-bond acceptors (Lipinski definition) is 3. The van der Waals surface area contributed by atoms with Gasteiger partial charge in [-0.25, -0.2) is 4.98 Å². The molecule has 0 bridgehead atoms. The van der Waals surface area contributed by atoms with E-state index in [0.717, 1.165) is 22.5 Å². The van der Waals surface area contributed by atoms with Gasteiger partial charge in [0.2, 0.25) is 5.43 Å². The van der Waals surface area contributed by atoms with Crippen LogP contribution in [-0.2, 0) is 0 Å². The molecule has 0 saturated carbocycles. The molecule has 0 radical (unpaired) electrons. The lowest BCUT2D eigenvalue weighted by Crippen LogP contribution is -2.17. The van der Waals surface area contributed by atoms with Crippen LogP contribution in [0.3, 0.4) is 0 Å². The van der Waals surface area contributed by atoms with Gasteiger partial charge >= 0.3 is 0 Å². The summed E-state index contributed by atoms with van der Waals surface area (Å²) in [5.74, 6) is 0.485. The molecule has 6 heteroatoms. The van der Waals surface area contributed by atoms with E-state index >= 15 is 0 Å². The molecule has 2 heterocycles. The van der Waals surface area contributed by atoms with Crippen molar-refractivity contribution >= 4 is 22.6 Å². The average molecular weight is 344 g/mol. The minimum absolute atomic E-state index is 0.212. The first kappa shape index (κ1) is 15.8. The molecule has 0 aliphatic carbocycles. The van der Waals surface area contributed by atoms with Gasteiger partial charge in [-0.3, -0.25) is 14.2 Å². The molecular formula is C20H16N4O2. The molecule has 1 amide bonds. The van der Waals surface area contributed by atoms with Gasteiger partial charge in [0.1, 0.15) is 11.5 Å². The number of rotatable bonds is 3. The van der Waals surface area contributed by atoms with Crippen molar-refractivity contribution < 1.29 is 4.79 Å². The van der Waals surface area contributed by atoms with Crippen LogP contribution in [0.2, 0.25) is 0 Å². The Morgan fingerprint density at radius 2 is 1.92 bits per heavy atom. The van der Waals surface area contributed by atoms with E-state index in [0.29, 0.717) is 5.56 Å². The number of aryl methyl sites for hydroxylation is 1. The zero-order valence-electron chi connectivity index (χ0n) is 14.1. The van der Waals surface area contributed by atoms with Gasteiger partial charge in [0.15, 0.2) is 0 Å². The van der Waals surface area contributed by atoms with Gasteiger partial charge in [-0.15, -0.1) is 0 Å². The monoisotopic (exact) mass is 344 g/mol. The van der Waals surface area contributed by atoms with Gasteiger partial charge in [0, 0.05) is 29.7 Å². The number of pyridine rings is 1. The van der Waals surface area contributed by atoms with Gasteiger partial charge in [-0.2, -0.15) is 0 Å². The molecule has 4 rings (SSSR count). The van der Waals surface area contributed by atoms with Gasteiger partial charge < -0.3 is 10.3 Å². The first-order valence-electron chi connectivity index (χ1n) is 8.16. The maximum absolute atomic E-state index is 12.5. The van der Waals surface area contributed by atoms with Crippen LogP contribution in [0.1, 0.15) is 16.2 Å². The predicted octanol–water partition coefficient (Wildman–Crippen LogP) is 3.27. The molecule has 0 spiro atoms. The Morgan fingerprint density at radius 3 is 2.69 bits per heavy atom. The summed E-state index contributed by atoms with van der Waals surface area (Å²) in [5.41, 5.74) is 3.06. The van der Waals surface area contributed by atoms with Crippen LogP contribution >= 0.6 is 0 Å². The van der Waals surface area contributed by atoms with E-state index in [1.54, 1.807) is 12.1 Å². The molecule has 4 aromatic rings. The van der Waals surface area contributed by atoms with Crippen molar-refractivity contribution in [1.82, 2.24) is 14.5 Å². The fraction of sp³-hybridized carbons (Fsp3) is 0.0500. The van der Waals surface area contributed by atoms with Crippen molar-refractivity contribution in [3.63, 3.8) is 0 Å². The molecule has 0 saturated heterocycles. The third kappa shape index (κ3) is 2.77. The molecule has 6 nitrogen and oxygen atoms in total. The van der Waals surface area contributed by atoms with E-state index in [-0.39, 0.29) is 17.0 Å². The highest BCUT2D eigenvalue weighted by Crippen LogP contribution is 2.22. The Hall–Kier alpha value is -3.67. The largest absolute Gasteiger partial charge is 0.366 e. The van der Waals surface area contributed by atoms with Crippen LogP contribution < -0.4 is 10.7 Å². The summed E-state index contributed by atoms with van der Waals surface area (Å²) in [7, 11) is 0. The maximum atomic E-state index is 12.5. The second kappa shape index (κ2) is 6.33. The van der Waals surface area contributed by atoms with Gasteiger partial charge in [0.25, 0.3) is 5.91 Å². The SMILES string of the molecule is Cc1nc2cc(C(=O)Nc3c[nH]ccc3=O)ccc2n1-c1ccccc1. The normalized spacial score (nSPS) is 10.8. The smallest absolute Gasteiger partial charge is 0.255 e. The summed E-state index contributed by atoms with van der Waals surface area (Å²) in [6.45, 7) is 1.93. The first-order valence-corrected chi connectivity index (χ1v) is 8.16. The average Bonchev–Trinajstić information content (AvgIpc) is 2.99. The lowest BCUT2D eigenvalue weighted by atomic mass is 10.1. The van der Waals surface area contributed by atoms with E-state index in [1.165, 1.54) is 18.5 Å². The number of fused-ring (bicyclic) bond motifs is 1. The third-order valence-corrected chi connectivity index (χ3v) is 4.17. The molecule has 128 valence electrons. The van der Waals surface area contributed by atoms with Gasteiger partial charge in [-0.05, 0) is 37.3 Å². The fourth-order valence-corrected chi connectivity index (χ4v) is 2.95. The Labute approximate surface area is 149 Å². The van der Waals surface area contributed by atoms with Crippen molar-refractivity contribution in [2.24, 2.45) is 0 Å². The lowest BCUT2D eigenvalue weighted by Gasteiger charge is -2.07. The zero-order chi connectivity index (χ0) is 18.1. The van der Waals surface area contributed by atoms with E-state index in [9.17, 15) is 9.59 Å². The second-order valence-corrected chi connectivity index (χ2v) is 5.91. The van der Waals surface area contributed by atoms with Gasteiger partial charge in [-0.1, -0.05) is 18.2 Å². The Kier molecular flexibility index (Phi) is 3.85. The molecule has 0 aliphatic rings. The quantitative estimate of drug-likeness (QED) is 0.598. The Balaban J connectivity index is 1.72. The van der Waals surface area contributed by atoms with Crippen LogP contribution in [0.15, 0.2) is 71.8 Å². The van der Waals surface area contributed by atoms with Crippen molar-refractivity contribution in [3.05, 3.63) is 88.6 Å². The number of benzene rings is 2. The number of carbonyl (C=O) groups excluding carboxylic acids is 1. The number of para-hydroxylation sites is 1. The Morgan fingerprint density at radius 1 is 1.12 bits per heavy atom. The number of H-pyrrole nitrogens is 1. The number of nitrogens with one attached hydrogen (secondary N) is 2. The number of nitrogens with zero attached hydrogens (tertiary/aromatic N) is 2.